The van der Waals surface area contributed by atoms with Crippen molar-refractivity contribution in [2.75, 3.05) is 19.6 Å². The first kappa shape index (κ1) is 29.3. The fourth-order valence-electron chi connectivity index (χ4n) is 5.89. The number of benzene rings is 1. The van der Waals surface area contributed by atoms with Crippen molar-refractivity contribution in [3.8, 4) is 17.2 Å². The molecule has 0 bridgehead atoms. The zero-order valence-electron chi connectivity index (χ0n) is 22.4. The zero-order chi connectivity index (χ0) is 29.6. The summed E-state index contributed by atoms with van der Waals surface area (Å²) < 4.78 is 29.2. The van der Waals surface area contributed by atoms with Gasteiger partial charge in [-0.25, -0.2) is 13.7 Å². The van der Waals surface area contributed by atoms with Gasteiger partial charge in [0, 0.05) is 58.1 Å². The molecule has 0 spiro atoms. The molecule has 6 rings (SSSR count). The maximum Gasteiger partial charge on any atom is 0.255 e. The van der Waals surface area contributed by atoms with Crippen molar-refractivity contribution >= 4 is 55.7 Å². The highest BCUT2D eigenvalue weighted by Crippen LogP contribution is 2.41. The summed E-state index contributed by atoms with van der Waals surface area (Å²) in [6.07, 6.45) is 0.852. The van der Waals surface area contributed by atoms with Gasteiger partial charge in [-0.3, -0.25) is 4.98 Å². The molecule has 0 saturated carbocycles. The van der Waals surface area contributed by atoms with E-state index in [1.165, 1.54) is 16.2 Å². The van der Waals surface area contributed by atoms with Crippen LogP contribution in [0.2, 0.25) is 5.02 Å². The SMILES string of the molecule is N#CC1(Cn2ccc3cc(Cl)cc(-c4ccnc5cc(CN6C(O)C(Cl)=CN(CC(F)F)C6O)sc45)c32)CCNCC1. The van der Waals surface area contributed by atoms with Gasteiger partial charge in [-0.05, 0) is 56.3 Å². The predicted molar refractivity (Wildman–Crippen MR) is 160 cm³/mol. The summed E-state index contributed by atoms with van der Waals surface area (Å²) >= 11 is 14.2. The van der Waals surface area contributed by atoms with Gasteiger partial charge in [0.1, 0.15) is 6.23 Å². The highest BCUT2D eigenvalue weighted by atomic mass is 35.5. The first-order valence-electron chi connectivity index (χ1n) is 13.5. The van der Waals surface area contributed by atoms with E-state index in [2.05, 4.69) is 20.9 Å². The van der Waals surface area contributed by atoms with Gasteiger partial charge in [0.15, 0.2) is 6.35 Å². The molecule has 0 amide bonds. The Morgan fingerprint density at radius 1 is 1.17 bits per heavy atom. The van der Waals surface area contributed by atoms with Crippen molar-refractivity contribution in [3.63, 3.8) is 0 Å². The lowest BCUT2D eigenvalue weighted by atomic mass is 9.80. The molecule has 42 heavy (non-hydrogen) atoms. The molecule has 8 nitrogen and oxygen atoms in total. The normalized spacial score (nSPS) is 21.3. The minimum atomic E-state index is -2.69. The van der Waals surface area contributed by atoms with Crippen LogP contribution in [0.3, 0.4) is 0 Å². The molecule has 2 unspecified atom stereocenters. The van der Waals surface area contributed by atoms with E-state index < -0.39 is 31.0 Å². The second-order valence-electron chi connectivity index (χ2n) is 10.8. The molecule has 2 aliphatic rings. The first-order valence-corrected chi connectivity index (χ1v) is 15.1. The second-order valence-corrected chi connectivity index (χ2v) is 12.8. The number of nitrogens with one attached hydrogen (secondary N) is 1. The molecular weight excluding hydrogens is 605 g/mol. The monoisotopic (exact) mass is 632 g/mol. The Balaban J connectivity index is 1.39. The summed E-state index contributed by atoms with van der Waals surface area (Å²) in [7, 11) is 0. The minimum Gasteiger partial charge on any atom is -0.373 e. The number of rotatable bonds is 7. The lowest BCUT2D eigenvalue weighted by molar-refractivity contribution is -0.168. The highest BCUT2D eigenvalue weighted by Gasteiger charge is 2.36. The summed E-state index contributed by atoms with van der Waals surface area (Å²) in [4.78, 5) is 7.55. The number of fused-ring (bicyclic) bond motifs is 2. The number of aromatic nitrogens is 2. The molecule has 5 heterocycles. The van der Waals surface area contributed by atoms with Crippen LogP contribution in [0.15, 0.2) is 54.0 Å². The van der Waals surface area contributed by atoms with Crippen LogP contribution < -0.4 is 5.32 Å². The van der Waals surface area contributed by atoms with E-state index in [1.807, 2.05) is 36.5 Å². The number of halogens is 4. The average Bonchev–Trinajstić information content (AvgIpc) is 3.57. The summed E-state index contributed by atoms with van der Waals surface area (Å²) in [6.45, 7) is 1.48. The number of pyridine rings is 1. The third-order valence-corrected chi connectivity index (χ3v) is 9.63. The number of thiophene rings is 1. The Bertz CT molecular complexity index is 1700. The van der Waals surface area contributed by atoms with E-state index >= 15 is 0 Å². The van der Waals surface area contributed by atoms with Gasteiger partial charge >= 0.3 is 0 Å². The molecule has 1 saturated heterocycles. The number of nitriles is 1. The Kier molecular flexibility index (Phi) is 8.15. The average molecular weight is 634 g/mol. The van der Waals surface area contributed by atoms with E-state index in [9.17, 15) is 24.3 Å². The number of nitrogens with zero attached hydrogens (tertiary/aromatic N) is 5. The Morgan fingerprint density at radius 3 is 2.69 bits per heavy atom. The number of alkyl halides is 2. The van der Waals surface area contributed by atoms with Crippen molar-refractivity contribution < 1.29 is 19.0 Å². The van der Waals surface area contributed by atoms with E-state index in [4.69, 9.17) is 23.2 Å². The van der Waals surface area contributed by atoms with Gasteiger partial charge < -0.3 is 25.0 Å². The van der Waals surface area contributed by atoms with Crippen LogP contribution in [0, 0.1) is 16.7 Å². The van der Waals surface area contributed by atoms with E-state index in [0.29, 0.717) is 17.1 Å². The van der Waals surface area contributed by atoms with Gasteiger partial charge in [0.05, 0.1) is 38.8 Å². The maximum atomic E-state index is 13.1. The standard InChI is InChI=1S/C29H28Cl2F2N6O2S/c30-18-9-17-2-8-37(16-29(15-34)3-6-35-7-4-29)25(17)21(10-18)20-1-5-36-23-11-19(42-26(20)23)12-39-27(40)22(31)13-38(28(39)41)14-24(32)33/h1-2,5,8-11,13,24,27-28,35,40-41H,3-4,6-7,12,14,16H2. The van der Waals surface area contributed by atoms with Crippen molar-refractivity contribution in [2.24, 2.45) is 5.41 Å². The molecule has 4 aromatic rings. The molecule has 3 N–H and O–H groups in total. The van der Waals surface area contributed by atoms with Crippen LogP contribution in [-0.2, 0) is 13.1 Å². The van der Waals surface area contributed by atoms with Crippen molar-refractivity contribution in [2.45, 2.75) is 44.9 Å². The predicted octanol–water partition coefficient (Wildman–Crippen LogP) is 5.52. The quantitative estimate of drug-likeness (QED) is 0.247. The molecule has 1 aromatic carbocycles. The number of aliphatic hydroxyl groups is 2. The Labute approximate surface area is 255 Å². The molecule has 13 heteroatoms. The van der Waals surface area contributed by atoms with Gasteiger partial charge in [-0.1, -0.05) is 23.2 Å². The molecule has 2 aliphatic heterocycles. The minimum absolute atomic E-state index is 0.0483. The topological polar surface area (TPSA) is 101 Å². The maximum absolute atomic E-state index is 13.1. The third kappa shape index (κ3) is 5.49. The van der Waals surface area contributed by atoms with Crippen molar-refractivity contribution in [1.82, 2.24) is 24.7 Å². The fraction of sp³-hybridized carbons (Fsp3) is 0.379. The largest absolute Gasteiger partial charge is 0.373 e. The van der Waals surface area contributed by atoms with E-state index in [0.717, 1.165) is 68.6 Å². The fourth-order valence-corrected chi connectivity index (χ4v) is 7.51. The Morgan fingerprint density at radius 2 is 1.95 bits per heavy atom. The lowest BCUT2D eigenvalue weighted by Crippen LogP contribution is -2.54. The molecule has 0 radical (unpaired) electrons. The first-order chi connectivity index (χ1) is 20.2. The van der Waals surface area contributed by atoms with Crippen LogP contribution in [0.4, 0.5) is 8.78 Å². The Hall–Kier alpha value is -2.82. The smallest absolute Gasteiger partial charge is 0.255 e. The van der Waals surface area contributed by atoms with Gasteiger partial charge in [-0.15, -0.1) is 11.3 Å². The molecule has 2 atom stereocenters. The van der Waals surface area contributed by atoms with Crippen molar-refractivity contribution in [1.29, 1.82) is 5.26 Å². The van der Waals surface area contributed by atoms with E-state index in [-0.39, 0.29) is 11.6 Å². The molecular formula is C29H28Cl2F2N6O2S. The molecule has 220 valence electrons. The zero-order valence-corrected chi connectivity index (χ0v) is 24.7. The molecule has 1 fully saturated rings. The van der Waals surface area contributed by atoms with Gasteiger partial charge in [0.2, 0.25) is 0 Å². The highest BCUT2D eigenvalue weighted by molar-refractivity contribution is 7.19. The number of piperidine rings is 1. The second kappa shape index (κ2) is 11.7. The van der Waals surface area contributed by atoms with Crippen LogP contribution in [0.25, 0.3) is 32.2 Å². The number of hydrogen-bond donors (Lipinski definition) is 3. The summed E-state index contributed by atoms with van der Waals surface area (Å²) in [6, 6.07) is 12.2. The summed E-state index contributed by atoms with van der Waals surface area (Å²) in [5.74, 6) is 0. The molecule has 3 aromatic heterocycles. The summed E-state index contributed by atoms with van der Waals surface area (Å²) in [5, 5.41) is 36.4. The van der Waals surface area contributed by atoms with Gasteiger partial charge in [0.25, 0.3) is 6.43 Å². The summed E-state index contributed by atoms with van der Waals surface area (Å²) in [5.41, 5.74) is 3.01. The number of aliphatic hydroxyl groups excluding tert-OH is 2. The molecule has 0 aliphatic carbocycles. The number of hydrogen-bond acceptors (Lipinski definition) is 8. The van der Waals surface area contributed by atoms with Gasteiger partial charge in [-0.2, -0.15) is 5.26 Å². The third-order valence-electron chi connectivity index (χ3n) is 7.98. The van der Waals surface area contributed by atoms with Crippen LogP contribution >= 0.6 is 34.5 Å². The van der Waals surface area contributed by atoms with Crippen molar-refractivity contribution in [3.05, 3.63) is 63.9 Å². The van der Waals surface area contributed by atoms with Crippen LogP contribution in [-0.4, -0.2) is 68.2 Å². The van der Waals surface area contributed by atoms with Crippen LogP contribution in [0.5, 0.6) is 0 Å². The lowest BCUT2D eigenvalue weighted by Gasteiger charge is -2.41. The van der Waals surface area contributed by atoms with E-state index in [1.54, 1.807) is 6.20 Å². The van der Waals surface area contributed by atoms with Crippen LogP contribution in [0.1, 0.15) is 17.7 Å².